The van der Waals surface area contributed by atoms with Crippen LogP contribution in [0.2, 0.25) is 0 Å². The first-order chi connectivity index (χ1) is 7.15. The monoisotopic (exact) mass is 204 g/mol. The third kappa shape index (κ3) is 3.06. The van der Waals surface area contributed by atoms with E-state index < -0.39 is 0 Å². The Balaban J connectivity index is 2.80. The molecule has 1 aromatic carbocycles. The van der Waals surface area contributed by atoms with Gasteiger partial charge in [-0.25, -0.2) is 4.39 Å². The maximum absolute atomic E-state index is 12.7. The normalized spacial score (nSPS) is 10.3. The Morgan fingerprint density at radius 3 is 2.53 bits per heavy atom. The van der Waals surface area contributed by atoms with E-state index in [4.69, 9.17) is 0 Å². The number of nitrogens with zero attached hydrogens (tertiary/aromatic N) is 2. The Kier molecular flexibility index (Phi) is 3.80. The molecule has 1 rings (SSSR count). The van der Waals surface area contributed by atoms with Crippen molar-refractivity contribution in [2.45, 2.75) is 0 Å². The standard InChI is InChI=1S/C12H13FN2/c1-4-14-9-10(2)15(3)12-7-5-11(13)6-8-12/h4-9H,1-2H2,3H3. The second kappa shape index (κ2) is 5.10. The molecule has 0 aliphatic heterocycles. The highest BCUT2D eigenvalue weighted by atomic mass is 19.1. The summed E-state index contributed by atoms with van der Waals surface area (Å²) in [6.07, 6.45) is 3.03. The van der Waals surface area contributed by atoms with E-state index in [1.165, 1.54) is 18.3 Å². The van der Waals surface area contributed by atoms with Gasteiger partial charge < -0.3 is 4.90 Å². The molecule has 0 bridgehead atoms. The summed E-state index contributed by atoms with van der Waals surface area (Å²) in [4.78, 5) is 5.67. The molecule has 0 N–H and O–H groups in total. The number of rotatable bonds is 4. The molecule has 0 saturated heterocycles. The SMILES string of the molecule is C=CN=CC(=C)N(C)c1ccc(F)cc1. The molecule has 0 radical (unpaired) electrons. The van der Waals surface area contributed by atoms with Gasteiger partial charge in [0.1, 0.15) is 5.82 Å². The maximum Gasteiger partial charge on any atom is 0.123 e. The van der Waals surface area contributed by atoms with Crippen molar-refractivity contribution in [2.75, 3.05) is 11.9 Å². The van der Waals surface area contributed by atoms with Crippen LogP contribution in [-0.4, -0.2) is 13.3 Å². The first-order valence-electron chi connectivity index (χ1n) is 4.47. The van der Waals surface area contributed by atoms with E-state index in [9.17, 15) is 4.39 Å². The average molecular weight is 204 g/mol. The molecule has 0 spiro atoms. The van der Waals surface area contributed by atoms with Crippen molar-refractivity contribution < 1.29 is 4.39 Å². The van der Waals surface area contributed by atoms with Crippen molar-refractivity contribution in [1.82, 2.24) is 0 Å². The zero-order chi connectivity index (χ0) is 11.3. The predicted molar refractivity (Wildman–Crippen MR) is 62.6 cm³/mol. The zero-order valence-electron chi connectivity index (χ0n) is 8.65. The molecular weight excluding hydrogens is 191 g/mol. The quantitative estimate of drug-likeness (QED) is 0.688. The average Bonchev–Trinajstić information content (AvgIpc) is 2.26. The smallest absolute Gasteiger partial charge is 0.123 e. The van der Waals surface area contributed by atoms with Crippen LogP contribution in [0.4, 0.5) is 10.1 Å². The molecule has 15 heavy (non-hydrogen) atoms. The molecule has 0 unspecified atom stereocenters. The van der Waals surface area contributed by atoms with Gasteiger partial charge in [0.05, 0.1) is 5.70 Å². The second-order valence-electron chi connectivity index (χ2n) is 2.99. The third-order valence-corrected chi connectivity index (χ3v) is 1.97. The predicted octanol–water partition coefficient (Wildman–Crippen LogP) is 2.99. The number of anilines is 1. The molecule has 3 heteroatoms. The summed E-state index contributed by atoms with van der Waals surface area (Å²) in [5, 5.41) is 0. The molecule has 0 fully saturated rings. The Labute approximate surface area is 89.1 Å². The van der Waals surface area contributed by atoms with Gasteiger partial charge in [-0.1, -0.05) is 13.2 Å². The van der Waals surface area contributed by atoms with Crippen LogP contribution in [0.3, 0.4) is 0 Å². The van der Waals surface area contributed by atoms with Crippen molar-refractivity contribution in [2.24, 2.45) is 4.99 Å². The third-order valence-electron chi connectivity index (χ3n) is 1.97. The van der Waals surface area contributed by atoms with E-state index in [0.29, 0.717) is 5.70 Å². The minimum absolute atomic E-state index is 0.252. The van der Waals surface area contributed by atoms with Crippen molar-refractivity contribution in [3.05, 3.63) is 55.1 Å². The molecule has 0 heterocycles. The van der Waals surface area contributed by atoms with Gasteiger partial charge in [0.25, 0.3) is 0 Å². The van der Waals surface area contributed by atoms with Crippen LogP contribution < -0.4 is 4.90 Å². The van der Waals surface area contributed by atoms with Crippen LogP contribution >= 0.6 is 0 Å². The lowest BCUT2D eigenvalue weighted by Gasteiger charge is -2.18. The molecule has 0 amide bonds. The van der Waals surface area contributed by atoms with Gasteiger partial charge >= 0.3 is 0 Å². The van der Waals surface area contributed by atoms with Crippen molar-refractivity contribution in [1.29, 1.82) is 0 Å². The van der Waals surface area contributed by atoms with E-state index in [0.717, 1.165) is 5.69 Å². The molecule has 0 aliphatic carbocycles. The van der Waals surface area contributed by atoms with E-state index in [-0.39, 0.29) is 5.82 Å². The van der Waals surface area contributed by atoms with Crippen molar-refractivity contribution >= 4 is 11.9 Å². The summed E-state index contributed by atoms with van der Waals surface area (Å²) in [5.41, 5.74) is 1.57. The van der Waals surface area contributed by atoms with Crippen LogP contribution in [0.5, 0.6) is 0 Å². The number of hydrogen-bond acceptors (Lipinski definition) is 2. The summed E-state index contributed by atoms with van der Waals surface area (Å²) in [7, 11) is 1.84. The first-order valence-corrected chi connectivity index (χ1v) is 4.47. The number of benzene rings is 1. The summed E-state index contributed by atoms with van der Waals surface area (Å²) in [5.74, 6) is -0.252. The van der Waals surface area contributed by atoms with Crippen LogP contribution in [-0.2, 0) is 0 Å². The van der Waals surface area contributed by atoms with Crippen molar-refractivity contribution in [3.63, 3.8) is 0 Å². The highest BCUT2D eigenvalue weighted by Crippen LogP contribution is 2.15. The molecule has 0 saturated carbocycles. The van der Waals surface area contributed by atoms with E-state index in [1.54, 1.807) is 18.3 Å². The lowest BCUT2D eigenvalue weighted by atomic mass is 10.3. The lowest BCUT2D eigenvalue weighted by molar-refractivity contribution is 0.628. The number of hydrogen-bond donors (Lipinski definition) is 0. The first kappa shape index (κ1) is 11.2. The Bertz CT molecular complexity index is 379. The van der Waals surface area contributed by atoms with Gasteiger partial charge in [-0.05, 0) is 24.3 Å². The summed E-state index contributed by atoms with van der Waals surface area (Å²) in [6.45, 7) is 7.30. The molecule has 0 aliphatic rings. The van der Waals surface area contributed by atoms with Gasteiger partial charge in [0, 0.05) is 25.1 Å². The zero-order valence-corrected chi connectivity index (χ0v) is 8.65. The van der Waals surface area contributed by atoms with Crippen LogP contribution in [0.1, 0.15) is 0 Å². The van der Waals surface area contributed by atoms with Crippen LogP contribution in [0, 0.1) is 5.82 Å². The fourth-order valence-corrected chi connectivity index (χ4v) is 1.06. The minimum atomic E-state index is -0.252. The second-order valence-corrected chi connectivity index (χ2v) is 2.99. The number of halogens is 1. The highest BCUT2D eigenvalue weighted by Gasteiger charge is 2.02. The van der Waals surface area contributed by atoms with Crippen LogP contribution in [0.25, 0.3) is 0 Å². The topological polar surface area (TPSA) is 15.6 Å². The largest absolute Gasteiger partial charge is 0.344 e. The Hall–Kier alpha value is -1.90. The molecule has 1 aromatic rings. The Morgan fingerprint density at radius 1 is 1.40 bits per heavy atom. The van der Waals surface area contributed by atoms with Crippen molar-refractivity contribution in [3.8, 4) is 0 Å². The molecule has 0 atom stereocenters. The maximum atomic E-state index is 12.7. The molecule has 0 aromatic heterocycles. The summed E-state index contributed by atoms with van der Waals surface area (Å²) in [6, 6.07) is 6.18. The van der Waals surface area contributed by atoms with E-state index in [1.807, 2.05) is 11.9 Å². The van der Waals surface area contributed by atoms with Gasteiger partial charge in [0.2, 0.25) is 0 Å². The van der Waals surface area contributed by atoms with Gasteiger partial charge in [-0.2, -0.15) is 0 Å². The highest BCUT2D eigenvalue weighted by molar-refractivity contribution is 5.83. The number of allylic oxidation sites excluding steroid dienone is 1. The molecule has 2 nitrogen and oxygen atoms in total. The fraction of sp³-hybridized carbons (Fsp3) is 0.0833. The summed E-state index contributed by atoms with van der Waals surface area (Å²) >= 11 is 0. The Morgan fingerprint density at radius 2 is 2.00 bits per heavy atom. The van der Waals surface area contributed by atoms with Crippen LogP contribution in [0.15, 0.2) is 54.3 Å². The molecular formula is C12H13FN2. The summed E-state index contributed by atoms with van der Waals surface area (Å²) < 4.78 is 12.7. The van der Waals surface area contributed by atoms with E-state index >= 15 is 0 Å². The van der Waals surface area contributed by atoms with E-state index in [2.05, 4.69) is 18.2 Å². The number of aliphatic imine (C=N–C) groups is 1. The van der Waals surface area contributed by atoms with Gasteiger partial charge in [-0.3, -0.25) is 4.99 Å². The van der Waals surface area contributed by atoms with Gasteiger partial charge in [-0.15, -0.1) is 0 Å². The fourth-order valence-electron chi connectivity index (χ4n) is 1.06. The van der Waals surface area contributed by atoms with Gasteiger partial charge in [0.15, 0.2) is 0 Å². The molecule has 78 valence electrons. The lowest BCUT2D eigenvalue weighted by Crippen LogP contribution is -2.16. The minimum Gasteiger partial charge on any atom is -0.344 e.